The van der Waals surface area contributed by atoms with Crippen molar-refractivity contribution in [2.45, 2.75) is 44.1 Å². The fraction of sp³-hybridized carbons (Fsp3) is 0.462. The topological polar surface area (TPSA) is 36.4 Å². The van der Waals surface area contributed by atoms with Crippen molar-refractivity contribution in [3.05, 3.63) is 72.2 Å². The number of rotatable bonds is 4. The van der Waals surface area contributed by atoms with Gasteiger partial charge in [0.2, 0.25) is 0 Å². The molecule has 4 saturated carbocycles. The quantitative estimate of drug-likeness (QED) is 0.686. The van der Waals surface area contributed by atoms with Crippen molar-refractivity contribution < 1.29 is 4.79 Å². The molecule has 7 rings (SSSR count). The van der Waals surface area contributed by atoms with E-state index < -0.39 is 0 Å². The minimum atomic E-state index is 0.132. The molecule has 4 fully saturated rings. The molecule has 1 aromatic carbocycles. The summed E-state index contributed by atoms with van der Waals surface area (Å²) >= 11 is 0. The number of hydrogen-bond acceptors (Lipinski definition) is 4. The van der Waals surface area contributed by atoms with Crippen molar-refractivity contribution in [3.8, 4) is 0 Å². The summed E-state index contributed by atoms with van der Waals surface area (Å²) in [6.07, 6.45) is 13.8. The average molecular weight is 400 g/mol. The Hall–Kier alpha value is -2.46. The van der Waals surface area contributed by atoms with Gasteiger partial charge in [-0.05, 0) is 80.5 Å². The summed E-state index contributed by atoms with van der Waals surface area (Å²) in [4.78, 5) is 22.4. The molecule has 0 atom stereocenters. The third-order valence-corrected chi connectivity index (χ3v) is 7.99. The molecule has 4 aliphatic carbocycles. The van der Waals surface area contributed by atoms with Gasteiger partial charge in [-0.3, -0.25) is 14.7 Å². The second kappa shape index (κ2) is 7.05. The lowest BCUT2D eigenvalue weighted by atomic mass is 9.52. The van der Waals surface area contributed by atoms with Crippen LogP contribution < -0.4 is 4.90 Å². The number of pyridine rings is 1. The first-order valence-corrected chi connectivity index (χ1v) is 11.4. The zero-order chi connectivity index (χ0) is 20.1. The molecule has 1 aliphatic heterocycles. The van der Waals surface area contributed by atoms with Crippen LogP contribution >= 0.6 is 0 Å². The second-order valence-electron chi connectivity index (χ2n) is 10.0. The standard InChI is InChI=1S/C26H29N3O/c30-25(22-6-8-27-9-7-22)23-16-28(24-4-2-1-3-5-24)18-29(17-23)26-13-19-10-20(14-26)12-21(11-19)15-26/h1-9,16,19-21H,10-15,17-18H2. The van der Waals surface area contributed by atoms with Crippen molar-refractivity contribution in [1.29, 1.82) is 0 Å². The third kappa shape index (κ3) is 3.09. The molecular formula is C26H29N3O. The Morgan fingerprint density at radius 3 is 2.17 bits per heavy atom. The molecule has 0 unspecified atom stereocenters. The van der Waals surface area contributed by atoms with Crippen LogP contribution in [0.25, 0.3) is 0 Å². The summed E-state index contributed by atoms with van der Waals surface area (Å²) in [6.45, 7) is 1.64. The van der Waals surface area contributed by atoms with Crippen LogP contribution in [0.4, 0.5) is 5.69 Å². The van der Waals surface area contributed by atoms with Crippen LogP contribution in [0, 0.1) is 17.8 Å². The minimum Gasteiger partial charge on any atom is -0.334 e. The minimum absolute atomic E-state index is 0.132. The van der Waals surface area contributed by atoms with Crippen LogP contribution in [-0.2, 0) is 0 Å². The molecule has 5 aliphatic rings. The normalized spacial score (nSPS) is 32.9. The van der Waals surface area contributed by atoms with Gasteiger partial charge in [0.1, 0.15) is 0 Å². The lowest BCUT2D eigenvalue weighted by Crippen LogP contribution is -2.63. The van der Waals surface area contributed by atoms with Gasteiger partial charge in [-0.15, -0.1) is 0 Å². The molecule has 0 radical (unpaired) electrons. The number of aromatic nitrogens is 1. The van der Waals surface area contributed by atoms with Gasteiger partial charge in [0.25, 0.3) is 0 Å². The van der Waals surface area contributed by atoms with Gasteiger partial charge in [-0.2, -0.15) is 0 Å². The molecule has 0 amide bonds. The van der Waals surface area contributed by atoms with Crippen LogP contribution in [-0.4, -0.2) is 34.4 Å². The number of carbonyl (C=O) groups excluding carboxylic acids is 1. The first-order valence-electron chi connectivity index (χ1n) is 11.4. The van der Waals surface area contributed by atoms with Crippen LogP contribution in [0.3, 0.4) is 0 Å². The molecule has 0 saturated heterocycles. The highest BCUT2D eigenvalue weighted by Gasteiger charge is 2.54. The zero-order valence-electron chi connectivity index (χ0n) is 17.4. The van der Waals surface area contributed by atoms with E-state index in [0.717, 1.165) is 47.8 Å². The molecule has 4 heteroatoms. The summed E-state index contributed by atoms with van der Waals surface area (Å²) in [5, 5.41) is 0. The van der Waals surface area contributed by atoms with Crippen molar-refractivity contribution in [2.24, 2.45) is 17.8 Å². The van der Waals surface area contributed by atoms with Crippen molar-refractivity contribution in [2.75, 3.05) is 18.1 Å². The van der Waals surface area contributed by atoms with Gasteiger partial charge in [0, 0.05) is 47.5 Å². The molecule has 2 heterocycles. The van der Waals surface area contributed by atoms with E-state index in [-0.39, 0.29) is 11.3 Å². The SMILES string of the molecule is O=C(C1=CN(c2ccccc2)CN(C23CC4CC(CC(C4)C2)C3)C1)c1ccncc1. The largest absolute Gasteiger partial charge is 0.334 e. The van der Waals surface area contributed by atoms with Crippen molar-refractivity contribution in [3.63, 3.8) is 0 Å². The van der Waals surface area contributed by atoms with E-state index in [4.69, 9.17) is 0 Å². The van der Waals surface area contributed by atoms with Gasteiger partial charge in [-0.25, -0.2) is 0 Å². The second-order valence-corrected chi connectivity index (χ2v) is 10.0. The highest BCUT2D eigenvalue weighted by molar-refractivity contribution is 6.09. The number of carbonyl (C=O) groups is 1. The number of hydrogen-bond donors (Lipinski definition) is 0. The summed E-state index contributed by atoms with van der Waals surface area (Å²) in [5.74, 6) is 2.82. The van der Waals surface area contributed by atoms with Gasteiger partial charge in [0.15, 0.2) is 5.78 Å². The van der Waals surface area contributed by atoms with E-state index in [1.807, 2.05) is 12.1 Å². The van der Waals surface area contributed by atoms with E-state index in [1.165, 1.54) is 38.5 Å². The lowest BCUT2D eigenvalue weighted by molar-refractivity contribution is -0.0859. The van der Waals surface area contributed by atoms with Gasteiger partial charge >= 0.3 is 0 Å². The van der Waals surface area contributed by atoms with E-state index in [0.29, 0.717) is 0 Å². The van der Waals surface area contributed by atoms with Gasteiger partial charge in [-0.1, -0.05) is 18.2 Å². The Labute approximate surface area is 178 Å². The maximum atomic E-state index is 13.4. The van der Waals surface area contributed by atoms with Crippen molar-refractivity contribution in [1.82, 2.24) is 9.88 Å². The Balaban J connectivity index is 1.36. The Morgan fingerprint density at radius 2 is 1.53 bits per heavy atom. The fourth-order valence-corrected chi connectivity index (χ4v) is 7.07. The summed E-state index contributed by atoms with van der Waals surface area (Å²) in [6, 6.07) is 14.2. The van der Waals surface area contributed by atoms with E-state index >= 15 is 0 Å². The molecule has 154 valence electrons. The maximum Gasteiger partial charge on any atom is 0.191 e. The lowest BCUT2D eigenvalue weighted by Gasteiger charge is -2.61. The fourth-order valence-electron chi connectivity index (χ4n) is 7.07. The van der Waals surface area contributed by atoms with Crippen LogP contribution in [0.15, 0.2) is 66.6 Å². The maximum absolute atomic E-state index is 13.4. The third-order valence-electron chi connectivity index (χ3n) is 7.99. The molecule has 2 aromatic rings. The van der Waals surface area contributed by atoms with Crippen LogP contribution in [0.1, 0.15) is 48.9 Å². The average Bonchev–Trinajstić information content (AvgIpc) is 2.78. The summed E-state index contributed by atoms with van der Waals surface area (Å²) in [7, 11) is 0. The molecule has 0 spiro atoms. The predicted octanol–water partition coefficient (Wildman–Crippen LogP) is 4.90. The zero-order valence-corrected chi connectivity index (χ0v) is 17.4. The molecular weight excluding hydrogens is 370 g/mol. The molecule has 0 N–H and O–H groups in total. The Kier molecular flexibility index (Phi) is 4.31. The summed E-state index contributed by atoms with van der Waals surface area (Å²) < 4.78 is 0. The predicted molar refractivity (Wildman–Crippen MR) is 118 cm³/mol. The first-order chi connectivity index (χ1) is 14.7. The number of para-hydroxylation sites is 1. The molecule has 4 bridgehead atoms. The monoisotopic (exact) mass is 399 g/mol. The Bertz CT molecular complexity index is 933. The first kappa shape index (κ1) is 18.3. The highest BCUT2D eigenvalue weighted by Crippen LogP contribution is 2.58. The molecule has 4 nitrogen and oxygen atoms in total. The van der Waals surface area contributed by atoms with Gasteiger partial charge < -0.3 is 4.90 Å². The van der Waals surface area contributed by atoms with Crippen LogP contribution in [0.5, 0.6) is 0 Å². The Morgan fingerprint density at radius 1 is 0.900 bits per heavy atom. The van der Waals surface area contributed by atoms with E-state index in [9.17, 15) is 4.79 Å². The van der Waals surface area contributed by atoms with Crippen LogP contribution in [0.2, 0.25) is 0 Å². The van der Waals surface area contributed by atoms with Crippen molar-refractivity contribution >= 4 is 11.5 Å². The van der Waals surface area contributed by atoms with Gasteiger partial charge in [0.05, 0.1) is 6.67 Å². The molecule has 30 heavy (non-hydrogen) atoms. The number of ketones is 1. The highest BCUT2D eigenvalue weighted by atomic mass is 16.1. The number of benzene rings is 1. The smallest absolute Gasteiger partial charge is 0.191 e. The number of nitrogens with zero attached hydrogens (tertiary/aromatic N) is 3. The summed E-state index contributed by atoms with van der Waals surface area (Å²) in [5.41, 5.74) is 3.07. The molecule has 1 aromatic heterocycles. The van der Waals surface area contributed by atoms with E-state index in [2.05, 4.69) is 51.3 Å². The number of Topliss-reactive ketones (excluding diaryl/α,β-unsaturated/α-hetero) is 1. The number of anilines is 1. The van der Waals surface area contributed by atoms with E-state index in [1.54, 1.807) is 12.4 Å².